The fraction of sp³-hybridized carbons (Fsp3) is 0. The predicted molar refractivity (Wildman–Crippen MR) is 242 cm³/mol. The highest BCUT2D eigenvalue weighted by atomic mass is 32.1. The van der Waals surface area contributed by atoms with Crippen molar-refractivity contribution in [1.29, 1.82) is 0 Å². The summed E-state index contributed by atoms with van der Waals surface area (Å²) < 4.78 is 7.43. The van der Waals surface area contributed by atoms with Crippen LogP contribution in [-0.2, 0) is 0 Å². The quantitative estimate of drug-likeness (QED) is 0.175. The average Bonchev–Trinajstić information content (AvgIpc) is 3.95. The first kappa shape index (κ1) is 32.3. The summed E-state index contributed by atoms with van der Waals surface area (Å²) in [4.78, 5) is 15.1. The second-order valence-electron chi connectivity index (χ2n) is 14.4. The van der Waals surface area contributed by atoms with Crippen LogP contribution in [0, 0.1) is 0 Å². The van der Waals surface area contributed by atoms with Crippen LogP contribution in [0.15, 0.2) is 182 Å². The Balaban J connectivity index is 0.957. The summed E-state index contributed by atoms with van der Waals surface area (Å²) in [5.41, 5.74) is 9.00. The van der Waals surface area contributed by atoms with E-state index in [9.17, 15) is 0 Å². The van der Waals surface area contributed by atoms with Crippen LogP contribution >= 0.6 is 22.7 Å². The molecule has 4 aromatic heterocycles. The zero-order chi connectivity index (χ0) is 37.5. The molecule has 4 nitrogen and oxygen atoms in total. The van der Waals surface area contributed by atoms with Crippen molar-refractivity contribution in [3.63, 3.8) is 0 Å². The third-order valence-electron chi connectivity index (χ3n) is 11.1. The minimum Gasteiger partial charge on any atom is -0.309 e. The topological polar surface area (TPSA) is 43.6 Å². The molecule has 0 amide bonds. The van der Waals surface area contributed by atoms with Crippen LogP contribution in [0.2, 0.25) is 0 Å². The third-order valence-corrected chi connectivity index (χ3v) is 13.3. The predicted octanol–water partition coefficient (Wildman–Crippen LogP) is 14.4. The number of rotatable bonds is 5. The van der Waals surface area contributed by atoms with Gasteiger partial charge in [0.05, 0.1) is 11.0 Å². The highest BCUT2D eigenvalue weighted by molar-refractivity contribution is 7.26. The van der Waals surface area contributed by atoms with Crippen molar-refractivity contribution in [3.05, 3.63) is 182 Å². The van der Waals surface area contributed by atoms with Gasteiger partial charge in [-0.15, -0.1) is 22.7 Å². The van der Waals surface area contributed by atoms with Gasteiger partial charge in [0, 0.05) is 73.5 Å². The number of hydrogen-bond donors (Lipinski definition) is 0. The van der Waals surface area contributed by atoms with Crippen molar-refractivity contribution < 1.29 is 0 Å². The van der Waals surface area contributed by atoms with E-state index in [4.69, 9.17) is 15.0 Å². The van der Waals surface area contributed by atoms with E-state index in [-0.39, 0.29) is 0 Å². The lowest BCUT2D eigenvalue weighted by Crippen LogP contribution is -2.00. The average molecular weight is 763 g/mol. The minimum absolute atomic E-state index is 0.664. The molecule has 0 aliphatic rings. The summed E-state index contributed by atoms with van der Waals surface area (Å²) in [6.07, 6.45) is 0. The molecule has 0 aliphatic heterocycles. The lowest BCUT2D eigenvalue weighted by molar-refractivity contribution is 1.08. The van der Waals surface area contributed by atoms with Crippen molar-refractivity contribution in [2.24, 2.45) is 0 Å². The van der Waals surface area contributed by atoms with Gasteiger partial charge >= 0.3 is 0 Å². The second kappa shape index (κ2) is 12.8. The first-order valence-corrected chi connectivity index (χ1v) is 20.6. The van der Waals surface area contributed by atoms with Crippen LogP contribution in [0.25, 0.3) is 113 Å². The molecule has 0 saturated carbocycles. The molecule has 12 rings (SSSR count). The highest BCUT2D eigenvalue weighted by Crippen LogP contribution is 2.43. The fourth-order valence-electron chi connectivity index (χ4n) is 8.41. The Labute approximate surface area is 335 Å². The Morgan fingerprint density at radius 2 is 0.912 bits per heavy atom. The molecule has 0 radical (unpaired) electrons. The molecular weight excluding hydrogens is 733 g/mol. The Morgan fingerprint density at radius 1 is 0.333 bits per heavy atom. The summed E-state index contributed by atoms with van der Waals surface area (Å²) in [6.45, 7) is 0. The van der Waals surface area contributed by atoms with E-state index in [1.807, 2.05) is 59.1 Å². The molecule has 0 fully saturated rings. The van der Waals surface area contributed by atoms with Gasteiger partial charge in [-0.3, -0.25) is 0 Å². The van der Waals surface area contributed by atoms with Crippen molar-refractivity contribution in [3.8, 4) is 51.0 Å². The van der Waals surface area contributed by atoms with Gasteiger partial charge in [-0.2, -0.15) is 0 Å². The van der Waals surface area contributed by atoms with Gasteiger partial charge < -0.3 is 4.57 Å². The number of benzene rings is 8. The van der Waals surface area contributed by atoms with Gasteiger partial charge in [0.15, 0.2) is 17.5 Å². The minimum atomic E-state index is 0.664. The molecule has 57 heavy (non-hydrogen) atoms. The number of thiophene rings is 2. The maximum absolute atomic E-state index is 5.08. The summed E-state index contributed by atoms with van der Waals surface area (Å²) in [5.74, 6) is 2.00. The van der Waals surface area contributed by atoms with Crippen LogP contribution in [0.1, 0.15) is 0 Å². The van der Waals surface area contributed by atoms with E-state index in [0.29, 0.717) is 17.5 Å². The van der Waals surface area contributed by atoms with Gasteiger partial charge in [0.2, 0.25) is 0 Å². The molecule has 6 heteroatoms. The van der Waals surface area contributed by atoms with Gasteiger partial charge in [-0.1, -0.05) is 133 Å². The van der Waals surface area contributed by atoms with Crippen molar-refractivity contribution >= 4 is 84.8 Å². The van der Waals surface area contributed by atoms with E-state index < -0.39 is 0 Å². The Bertz CT molecular complexity index is 3410. The number of para-hydroxylation sites is 2. The van der Waals surface area contributed by atoms with Crippen molar-refractivity contribution in [2.45, 2.75) is 0 Å². The maximum atomic E-state index is 5.08. The summed E-state index contributed by atoms with van der Waals surface area (Å²) in [5, 5.41) is 7.51. The SMILES string of the molecule is c1ccc(-c2nc(-c3ccccc3)nc(-c3cccc4sc5cc(-c6ccc7sc8cc(-n9c%10ccccc%10c%10ccccc%109)ccc8c7c6)ccc5c34)n2)cc1. The highest BCUT2D eigenvalue weighted by Gasteiger charge is 2.18. The van der Waals surface area contributed by atoms with Crippen molar-refractivity contribution in [1.82, 2.24) is 19.5 Å². The molecule has 0 bridgehead atoms. The summed E-state index contributed by atoms with van der Waals surface area (Å²) >= 11 is 3.68. The molecule has 0 saturated heterocycles. The zero-order valence-corrected chi connectivity index (χ0v) is 32.1. The summed E-state index contributed by atoms with van der Waals surface area (Å²) in [6, 6.07) is 65.0. The van der Waals surface area contributed by atoms with Crippen molar-refractivity contribution in [2.75, 3.05) is 0 Å². The van der Waals surface area contributed by atoms with Gasteiger partial charge in [-0.05, 0) is 59.7 Å². The van der Waals surface area contributed by atoms with E-state index in [1.165, 1.54) is 79.0 Å². The standard InChI is InChI=1S/C51H30N4S2/c1-3-12-31(13-4-1)49-52-50(32-14-5-2-6-15-32)54-51(53-49)40-18-11-21-45-48(40)39-25-22-34(29-46(39)57-45)33-23-27-44-41(28-33)38-26-24-35(30-47(38)56-44)55-42-19-9-7-16-36(42)37-17-8-10-20-43(37)55/h1-30H. The smallest absolute Gasteiger partial charge is 0.164 e. The molecule has 266 valence electrons. The number of nitrogens with zero attached hydrogens (tertiary/aromatic N) is 4. The van der Waals surface area contributed by atoms with Gasteiger partial charge in [-0.25, -0.2) is 15.0 Å². The number of aromatic nitrogens is 4. The molecule has 0 spiro atoms. The molecule has 12 aromatic rings. The van der Waals surface area contributed by atoms with Gasteiger partial charge in [0.25, 0.3) is 0 Å². The lowest BCUT2D eigenvalue weighted by Gasteiger charge is -2.09. The number of hydrogen-bond acceptors (Lipinski definition) is 5. The molecule has 4 heterocycles. The van der Waals surface area contributed by atoms with Crippen LogP contribution in [-0.4, -0.2) is 19.5 Å². The maximum Gasteiger partial charge on any atom is 0.164 e. The first-order chi connectivity index (χ1) is 28.2. The fourth-order valence-corrected chi connectivity index (χ4v) is 10.7. The van der Waals surface area contributed by atoms with E-state index >= 15 is 0 Å². The lowest BCUT2D eigenvalue weighted by atomic mass is 10.00. The third kappa shape index (κ3) is 5.22. The van der Waals surface area contributed by atoms with Crippen LogP contribution in [0.5, 0.6) is 0 Å². The summed E-state index contributed by atoms with van der Waals surface area (Å²) in [7, 11) is 0. The Hall–Kier alpha value is -6.99. The molecular formula is C51H30N4S2. The van der Waals surface area contributed by atoms with Crippen LogP contribution in [0.4, 0.5) is 0 Å². The molecule has 8 aromatic carbocycles. The monoisotopic (exact) mass is 762 g/mol. The molecule has 0 unspecified atom stereocenters. The van der Waals surface area contributed by atoms with E-state index in [2.05, 4.69) is 150 Å². The second-order valence-corrected chi connectivity index (χ2v) is 16.6. The van der Waals surface area contributed by atoms with Gasteiger partial charge in [0.1, 0.15) is 0 Å². The van der Waals surface area contributed by atoms with E-state index in [0.717, 1.165) is 16.7 Å². The molecule has 0 aliphatic carbocycles. The Morgan fingerprint density at radius 3 is 1.63 bits per heavy atom. The largest absolute Gasteiger partial charge is 0.309 e. The molecule has 0 N–H and O–H groups in total. The zero-order valence-electron chi connectivity index (χ0n) is 30.4. The molecule has 0 atom stereocenters. The van der Waals surface area contributed by atoms with Crippen LogP contribution < -0.4 is 0 Å². The van der Waals surface area contributed by atoms with E-state index in [1.54, 1.807) is 0 Å². The number of fused-ring (bicyclic) bond motifs is 9. The Kier molecular flexibility index (Phi) is 7.24. The normalized spacial score (nSPS) is 11.9. The van der Waals surface area contributed by atoms with Crippen LogP contribution in [0.3, 0.4) is 0 Å². The first-order valence-electron chi connectivity index (χ1n) is 19.0.